The van der Waals surface area contributed by atoms with E-state index in [1.807, 2.05) is 48.7 Å². The van der Waals surface area contributed by atoms with Crippen molar-refractivity contribution in [2.45, 2.75) is 12.7 Å². The van der Waals surface area contributed by atoms with Gasteiger partial charge in [-0.05, 0) is 53.8 Å². The molecular formula is C24H22Cl2N2O2S2. The van der Waals surface area contributed by atoms with Gasteiger partial charge in [-0.25, -0.2) is 0 Å². The second-order valence-electron chi connectivity index (χ2n) is 6.89. The largest absolute Gasteiger partial charge is 0.350 e. The van der Waals surface area contributed by atoms with Crippen LogP contribution in [0.3, 0.4) is 0 Å². The Labute approximate surface area is 206 Å². The Kier molecular flexibility index (Phi) is 9.23. The number of thioether (sulfide) groups is 1. The van der Waals surface area contributed by atoms with Gasteiger partial charge in [0.1, 0.15) is 5.70 Å². The van der Waals surface area contributed by atoms with Gasteiger partial charge < -0.3 is 10.6 Å². The Morgan fingerprint density at radius 3 is 2.62 bits per heavy atom. The lowest BCUT2D eigenvalue weighted by Crippen LogP contribution is -2.36. The van der Waals surface area contributed by atoms with E-state index >= 15 is 0 Å². The summed E-state index contributed by atoms with van der Waals surface area (Å²) in [5.41, 5.74) is 2.59. The highest BCUT2D eigenvalue weighted by Crippen LogP contribution is 2.24. The Hall–Kier alpha value is -2.25. The molecule has 0 spiro atoms. The molecule has 0 radical (unpaired) electrons. The molecule has 1 aromatic heterocycles. The molecule has 0 aliphatic heterocycles. The van der Waals surface area contributed by atoms with Crippen molar-refractivity contribution >= 4 is 64.2 Å². The fourth-order valence-corrected chi connectivity index (χ4v) is 4.92. The number of aryl methyl sites for hydroxylation is 1. The molecule has 166 valence electrons. The minimum absolute atomic E-state index is 0.214. The first kappa shape index (κ1) is 24.4. The minimum atomic E-state index is -0.328. The van der Waals surface area contributed by atoms with Crippen molar-refractivity contribution in [3.63, 3.8) is 0 Å². The van der Waals surface area contributed by atoms with Crippen molar-refractivity contribution in [1.82, 2.24) is 10.6 Å². The van der Waals surface area contributed by atoms with E-state index in [2.05, 4.69) is 10.6 Å². The fraction of sp³-hybridized carbons (Fsp3) is 0.167. The lowest BCUT2D eigenvalue weighted by molar-refractivity contribution is -0.117. The molecule has 1 heterocycles. The number of halogens is 2. The van der Waals surface area contributed by atoms with Gasteiger partial charge in [0.05, 0.1) is 0 Å². The molecule has 0 aliphatic carbocycles. The van der Waals surface area contributed by atoms with Crippen molar-refractivity contribution in [2.24, 2.45) is 0 Å². The van der Waals surface area contributed by atoms with Gasteiger partial charge in [-0.2, -0.15) is 11.8 Å². The first-order chi connectivity index (χ1) is 15.4. The highest BCUT2D eigenvalue weighted by atomic mass is 35.5. The first-order valence-corrected chi connectivity index (χ1v) is 12.6. The Balaban J connectivity index is 1.58. The molecular weight excluding hydrogens is 483 g/mol. The minimum Gasteiger partial charge on any atom is -0.350 e. The molecule has 2 amide bonds. The molecule has 0 bridgehead atoms. The third-order valence-electron chi connectivity index (χ3n) is 4.52. The van der Waals surface area contributed by atoms with Gasteiger partial charge in [-0.1, -0.05) is 53.5 Å². The SMILES string of the molecule is Cc1ccccc1C(=O)N/C(=C\c1cccs1)C(=O)NCCSCc1ccc(Cl)cc1Cl. The van der Waals surface area contributed by atoms with Gasteiger partial charge in [-0.3, -0.25) is 9.59 Å². The van der Waals surface area contributed by atoms with Crippen molar-refractivity contribution < 1.29 is 9.59 Å². The summed E-state index contributed by atoms with van der Waals surface area (Å²) >= 11 is 15.3. The molecule has 0 atom stereocenters. The molecule has 2 N–H and O–H groups in total. The number of nitrogens with one attached hydrogen (secondary N) is 2. The average Bonchev–Trinajstić information content (AvgIpc) is 3.27. The van der Waals surface area contributed by atoms with Gasteiger partial charge in [0.15, 0.2) is 0 Å². The van der Waals surface area contributed by atoms with Crippen molar-refractivity contribution in [1.29, 1.82) is 0 Å². The maximum atomic E-state index is 12.8. The molecule has 0 unspecified atom stereocenters. The Morgan fingerprint density at radius 2 is 1.91 bits per heavy atom. The molecule has 32 heavy (non-hydrogen) atoms. The lowest BCUT2D eigenvalue weighted by Gasteiger charge is -2.12. The summed E-state index contributed by atoms with van der Waals surface area (Å²) < 4.78 is 0. The monoisotopic (exact) mass is 504 g/mol. The number of carbonyl (C=O) groups excluding carboxylic acids is 2. The van der Waals surface area contributed by atoms with Gasteiger partial charge in [0.25, 0.3) is 11.8 Å². The van der Waals surface area contributed by atoms with Crippen LogP contribution in [0, 0.1) is 6.92 Å². The molecule has 0 saturated carbocycles. The summed E-state index contributed by atoms with van der Waals surface area (Å²) in [6, 6.07) is 16.5. The predicted octanol–water partition coefficient (Wildman–Crippen LogP) is 6.18. The fourth-order valence-electron chi connectivity index (χ4n) is 2.84. The normalized spacial score (nSPS) is 11.3. The van der Waals surface area contributed by atoms with Crippen molar-refractivity contribution in [3.8, 4) is 0 Å². The highest BCUT2D eigenvalue weighted by Gasteiger charge is 2.16. The lowest BCUT2D eigenvalue weighted by atomic mass is 10.1. The van der Waals surface area contributed by atoms with E-state index in [-0.39, 0.29) is 17.5 Å². The third-order valence-corrected chi connectivity index (χ3v) is 6.93. The molecule has 2 aromatic carbocycles. The zero-order chi connectivity index (χ0) is 22.9. The van der Waals surface area contributed by atoms with Crippen LogP contribution in [0.15, 0.2) is 65.7 Å². The van der Waals surface area contributed by atoms with Crippen LogP contribution in [0.25, 0.3) is 6.08 Å². The van der Waals surface area contributed by atoms with Crippen LogP contribution in [0.1, 0.15) is 26.4 Å². The smallest absolute Gasteiger partial charge is 0.267 e. The van der Waals surface area contributed by atoms with Crippen molar-refractivity contribution in [2.75, 3.05) is 12.3 Å². The third kappa shape index (κ3) is 7.14. The number of hydrogen-bond acceptors (Lipinski definition) is 4. The van der Waals surface area contributed by atoms with E-state index in [4.69, 9.17) is 23.2 Å². The maximum Gasteiger partial charge on any atom is 0.267 e. The van der Waals surface area contributed by atoms with Gasteiger partial charge >= 0.3 is 0 Å². The van der Waals surface area contributed by atoms with Crippen LogP contribution in [-0.4, -0.2) is 24.1 Å². The van der Waals surface area contributed by atoms with Crippen LogP contribution in [0.2, 0.25) is 10.0 Å². The van der Waals surface area contributed by atoms with Gasteiger partial charge in [0.2, 0.25) is 0 Å². The molecule has 8 heteroatoms. The Morgan fingerprint density at radius 1 is 1.09 bits per heavy atom. The van der Waals surface area contributed by atoms with Crippen LogP contribution in [0.5, 0.6) is 0 Å². The van der Waals surface area contributed by atoms with E-state index in [1.54, 1.807) is 36.0 Å². The zero-order valence-electron chi connectivity index (χ0n) is 17.4. The van der Waals surface area contributed by atoms with Crippen LogP contribution >= 0.6 is 46.3 Å². The molecule has 3 rings (SSSR count). The molecule has 3 aromatic rings. The second-order valence-corrected chi connectivity index (χ2v) is 9.81. The molecule has 0 saturated heterocycles. The summed E-state index contributed by atoms with van der Waals surface area (Å²) in [6.07, 6.45) is 1.69. The number of rotatable bonds is 9. The second kappa shape index (κ2) is 12.1. The van der Waals surface area contributed by atoms with E-state index in [1.165, 1.54) is 11.3 Å². The van der Waals surface area contributed by atoms with Crippen LogP contribution in [0.4, 0.5) is 0 Å². The quantitative estimate of drug-likeness (QED) is 0.270. The summed E-state index contributed by atoms with van der Waals surface area (Å²) in [4.78, 5) is 26.4. The number of benzene rings is 2. The molecule has 0 aliphatic rings. The highest BCUT2D eigenvalue weighted by molar-refractivity contribution is 7.98. The molecule has 4 nitrogen and oxygen atoms in total. The van der Waals surface area contributed by atoms with Crippen LogP contribution < -0.4 is 10.6 Å². The average molecular weight is 505 g/mol. The number of hydrogen-bond donors (Lipinski definition) is 2. The summed E-state index contributed by atoms with van der Waals surface area (Å²) in [5.74, 6) is 0.773. The zero-order valence-corrected chi connectivity index (χ0v) is 20.5. The van der Waals surface area contributed by atoms with Crippen LogP contribution in [-0.2, 0) is 10.5 Å². The van der Waals surface area contributed by atoms with E-state index in [9.17, 15) is 9.59 Å². The van der Waals surface area contributed by atoms with E-state index in [0.29, 0.717) is 33.7 Å². The standard InChI is InChI=1S/C24H22Cl2N2O2S2/c1-16-5-2-3-7-20(16)23(29)28-22(14-19-6-4-11-32-19)24(30)27-10-12-31-15-17-8-9-18(25)13-21(17)26/h2-9,11,13-14H,10,12,15H2,1H3,(H,27,30)(H,28,29)/b22-14-. The molecule has 0 fully saturated rings. The first-order valence-electron chi connectivity index (χ1n) is 9.86. The van der Waals surface area contributed by atoms with Gasteiger partial charge in [0, 0.05) is 38.5 Å². The number of carbonyl (C=O) groups is 2. The summed E-state index contributed by atoms with van der Waals surface area (Å²) in [6.45, 7) is 2.32. The number of amides is 2. The predicted molar refractivity (Wildman–Crippen MR) is 137 cm³/mol. The number of thiophene rings is 1. The van der Waals surface area contributed by atoms with Crippen molar-refractivity contribution in [3.05, 3.63) is 97.3 Å². The summed E-state index contributed by atoms with van der Waals surface area (Å²) in [7, 11) is 0. The topological polar surface area (TPSA) is 58.2 Å². The van der Waals surface area contributed by atoms with E-state index < -0.39 is 0 Å². The maximum absolute atomic E-state index is 12.8. The Bertz CT molecular complexity index is 1110. The summed E-state index contributed by atoms with van der Waals surface area (Å²) in [5, 5.41) is 8.81. The van der Waals surface area contributed by atoms with E-state index in [0.717, 1.165) is 16.0 Å². The van der Waals surface area contributed by atoms with Gasteiger partial charge in [-0.15, -0.1) is 11.3 Å².